The molecule has 2 fully saturated rings. The van der Waals surface area contributed by atoms with E-state index in [2.05, 4.69) is 20.8 Å². The average molecular weight is 159 g/mol. The minimum Gasteiger partial charge on any atom is -0.118 e. The van der Waals surface area contributed by atoms with Crippen LogP contribution in [-0.4, -0.2) is 4.87 Å². The van der Waals surface area contributed by atoms with Crippen molar-refractivity contribution in [1.82, 2.24) is 0 Å². The molecule has 0 aromatic rings. The summed E-state index contributed by atoms with van der Waals surface area (Å²) in [7, 11) is 0. The number of rotatable bonds is 1. The highest BCUT2D eigenvalue weighted by molar-refractivity contribution is 6.27. The van der Waals surface area contributed by atoms with E-state index in [-0.39, 0.29) is 4.87 Å². The fourth-order valence-corrected chi connectivity index (χ4v) is 2.98. The standard InChI is InChI=1S/C9H15Cl/c1-6-8(2,3)9(6,10)7-4-5-7/h6-7H,4-5H2,1-3H3. The second-order valence-corrected chi connectivity index (χ2v) is 5.11. The monoisotopic (exact) mass is 158 g/mol. The topological polar surface area (TPSA) is 0 Å². The minimum absolute atomic E-state index is 0.188. The van der Waals surface area contributed by atoms with Crippen molar-refractivity contribution in [3.05, 3.63) is 0 Å². The Hall–Kier alpha value is 0.290. The van der Waals surface area contributed by atoms with Crippen LogP contribution in [-0.2, 0) is 0 Å². The molecule has 0 aromatic carbocycles. The summed E-state index contributed by atoms with van der Waals surface area (Å²) in [6.07, 6.45) is 2.74. The van der Waals surface area contributed by atoms with Gasteiger partial charge in [-0.25, -0.2) is 0 Å². The first-order valence-electron chi connectivity index (χ1n) is 4.20. The average Bonchev–Trinajstić information content (AvgIpc) is 2.71. The van der Waals surface area contributed by atoms with Gasteiger partial charge in [-0.05, 0) is 30.1 Å². The van der Waals surface area contributed by atoms with Gasteiger partial charge in [-0.3, -0.25) is 0 Å². The molecule has 0 heterocycles. The molecule has 0 spiro atoms. The van der Waals surface area contributed by atoms with Crippen LogP contribution >= 0.6 is 11.6 Å². The van der Waals surface area contributed by atoms with Gasteiger partial charge >= 0.3 is 0 Å². The maximum Gasteiger partial charge on any atom is 0.0559 e. The lowest BCUT2D eigenvalue weighted by Crippen LogP contribution is -2.10. The molecule has 2 rings (SSSR count). The summed E-state index contributed by atoms with van der Waals surface area (Å²) >= 11 is 6.48. The molecule has 0 amide bonds. The predicted octanol–water partition coefficient (Wildman–Crippen LogP) is 3.05. The molecular formula is C9H15Cl. The van der Waals surface area contributed by atoms with Gasteiger partial charge in [0.15, 0.2) is 0 Å². The minimum atomic E-state index is 0.188. The molecule has 2 aliphatic rings. The highest BCUT2D eigenvalue weighted by Crippen LogP contribution is 2.73. The zero-order valence-corrected chi connectivity index (χ0v) is 7.70. The van der Waals surface area contributed by atoms with Crippen LogP contribution in [0.5, 0.6) is 0 Å². The van der Waals surface area contributed by atoms with Crippen molar-refractivity contribution in [1.29, 1.82) is 0 Å². The van der Waals surface area contributed by atoms with Crippen molar-refractivity contribution in [2.75, 3.05) is 0 Å². The van der Waals surface area contributed by atoms with Crippen LogP contribution in [0, 0.1) is 17.3 Å². The fourth-order valence-electron chi connectivity index (χ4n) is 2.38. The first-order chi connectivity index (χ1) is 4.51. The van der Waals surface area contributed by atoms with Gasteiger partial charge in [-0.15, -0.1) is 11.6 Å². The summed E-state index contributed by atoms with van der Waals surface area (Å²) in [6, 6.07) is 0. The van der Waals surface area contributed by atoms with E-state index in [1.54, 1.807) is 0 Å². The van der Waals surface area contributed by atoms with Crippen LogP contribution in [0.3, 0.4) is 0 Å². The Morgan fingerprint density at radius 1 is 1.30 bits per heavy atom. The Kier molecular flexibility index (Phi) is 1.08. The van der Waals surface area contributed by atoms with E-state index in [4.69, 9.17) is 11.6 Å². The molecule has 0 nitrogen and oxygen atoms in total. The summed E-state index contributed by atoms with van der Waals surface area (Å²) in [4.78, 5) is 0.188. The molecule has 0 aliphatic heterocycles. The van der Waals surface area contributed by atoms with Gasteiger partial charge in [0.2, 0.25) is 0 Å². The quantitative estimate of drug-likeness (QED) is 0.515. The predicted molar refractivity (Wildman–Crippen MR) is 44.3 cm³/mol. The first-order valence-corrected chi connectivity index (χ1v) is 4.58. The van der Waals surface area contributed by atoms with E-state index in [1.807, 2.05) is 0 Å². The zero-order valence-electron chi connectivity index (χ0n) is 6.95. The van der Waals surface area contributed by atoms with Gasteiger partial charge in [0.1, 0.15) is 0 Å². The molecule has 0 aromatic heterocycles. The molecule has 2 unspecified atom stereocenters. The fraction of sp³-hybridized carbons (Fsp3) is 1.00. The van der Waals surface area contributed by atoms with Crippen molar-refractivity contribution in [3.8, 4) is 0 Å². The highest BCUT2D eigenvalue weighted by atomic mass is 35.5. The molecule has 2 aliphatic carbocycles. The lowest BCUT2D eigenvalue weighted by atomic mass is 10.1. The Morgan fingerprint density at radius 2 is 1.70 bits per heavy atom. The number of halogens is 1. The molecule has 2 atom stereocenters. The van der Waals surface area contributed by atoms with E-state index in [1.165, 1.54) is 12.8 Å². The second-order valence-electron chi connectivity index (χ2n) is 4.49. The van der Waals surface area contributed by atoms with Crippen molar-refractivity contribution in [3.63, 3.8) is 0 Å². The third-order valence-corrected chi connectivity index (χ3v) is 4.91. The van der Waals surface area contributed by atoms with Crippen molar-refractivity contribution >= 4 is 11.6 Å². The molecule has 0 radical (unpaired) electrons. The van der Waals surface area contributed by atoms with E-state index in [9.17, 15) is 0 Å². The molecule has 58 valence electrons. The molecule has 2 saturated carbocycles. The number of hydrogen-bond acceptors (Lipinski definition) is 0. The molecule has 0 bridgehead atoms. The summed E-state index contributed by atoms with van der Waals surface area (Å²) < 4.78 is 0. The van der Waals surface area contributed by atoms with E-state index in [0.717, 1.165) is 11.8 Å². The maximum atomic E-state index is 6.48. The van der Waals surface area contributed by atoms with Gasteiger partial charge in [0.25, 0.3) is 0 Å². The summed E-state index contributed by atoms with van der Waals surface area (Å²) in [5.41, 5.74) is 0.412. The van der Waals surface area contributed by atoms with Crippen LogP contribution in [0.15, 0.2) is 0 Å². The number of hydrogen-bond donors (Lipinski definition) is 0. The first kappa shape index (κ1) is 6.97. The van der Waals surface area contributed by atoms with Crippen LogP contribution < -0.4 is 0 Å². The lowest BCUT2D eigenvalue weighted by Gasteiger charge is -2.09. The largest absolute Gasteiger partial charge is 0.118 e. The molecule has 0 N–H and O–H groups in total. The van der Waals surface area contributed by atoms with Gasteiger partial charge in [0.05, 0.1) is 4.87 Å². The summed E-state index contributed by atoms with van der Waals surface area (Å²) in [5.74, 6) is 1.58. The second kappa shape index (κ2) is 1.55. The van der Waals surface area contributed by atoms with Crippen LogP contribution in [0.25, 0.3) is 0 Å². The third-order valence-electron chi connectivity index (χ3n) is 3.79. The van der Waals surface area contributed by atoms with E-state index in [0.29, 0.717) is 5.41 Å². The molecule has 0 saturated heterocycles. The molecular weight excluding hydrogens is 144 g/mol. The zero-order chi connectivity index (χ0) is 7.57. The Labute approximate surface area is 68.0 Å². The van der Waals surface area contributed by atoms with Gasteiger partial charge < -0.3 is 0 Å². The summed E-state index contributed by atoms with van der Waals surface area (Å²) in [5, 5.41) is 0. The molecule has 10 heavy (non-hydrogen) atoms. The van der Waals surface area contributed by atoms with Gasteiger partial charge in [-0.1, -0.05) is 20.8 Å². The van der Waals surface area contributed by atoms with Crippen molar-refractivity contribution in [2.45, 2.75) is 38.5 Å². The Morgan fingerprint density at radius 3 is 1.80 bits per heavy atom. The smallest absolute Gasteiger partial charge is 0.0559 e. The lowest BCUT2D eigenvalue weighted by molar-refractivity contribution is 0.534. The highest BCUT2D eigenvalue weighted by Gasteiger charge is 2.72. The number of alkyl halides is 1. The maximum absolute atomic E-state index is 6.48. The normalized spacial score (nSPS) is 51.0. The summed E-state index contributed by atoms with van der Waals surface area (Å²) in [6.45, 7) is 6.87. The van der Waals surface area contributed by atoms with E-state index < -0.39 is 0 Å². The van der Waals surface area contributed by atoms with Gasteiger partial charge in [-0.2, -0.15) is 0 Å². The Bertz CT molecular complexity index is 170. The SMILES string of the molecule is CC1C(C)(C)C1(Cl)C1CC1. The van der Waals surface area contributed by atoms with Gasteiger partial charge in [0, 0.05) is 0 Å². The van der Waals surface area contributed by atoms with Crippen LogP contribution in [0.1, 0.15) is 33.6 Å². The Balaban J connectivity index is 2.19. The van der Waals surface area contributed by atoms with Crippen LogP contribution in [0.2, 0.25) is 0 Å². The van der Waals surface area contributed by atoms with Crippen molar-refractivity contribution in [2.24, 2.45) is 17.3 Å². The van der Waals surface area contributed by atoms with Crippen molar-refractivity contribution < 1.29 is 0 Å². The molecule has 1 heteroatoms. The third kappa shape index (κ3) is 0.550. The van der Waals surface area contributed by atoms with Crippen LogP contribution in [0.4, 0.5) is 0 Å². The van der Waals surface area contributed by atoms with E-state index >= 15 is 0 Å².